The number of carbonyl (C=O) groups is 1. The number of aromatic nitrogens is 1. The van der Waals surface area contributed by atoms with E-state index < -0.39 is 0 Å². The van der Waals surface area contributed by atoms with Crippen molar-refractivity contribution in [3.8, 4) is 0 Å². The highest BCUT2D eigenvalue weighted by atomic mass is 16.2. The van der Waals surface area contributed by atoms with Gasteiger partial charge < -0.3 is 15.1 Å². The van der Waals surface area contributed by atoms with Gasteiger partial charge in [-0.2, -0.15) is 0 Å². The lowest BCUT2D eigenvalue weighted by molar-refractivity contribution is 0.178. The highest BCUT2D eigenvalue weighted by molar-refractivity contribution is 5.74. The van der Waals surface area contributed by atoms with Crippen molar-refractivity contribution in [3.63, 3.8) is 0 Å². The minimum atomic E-state index is -0.0362. The molecule has 1 aromatic heterocycles. The lowest BCUT2D eigenvalue weighted by atomic mass is 10.0. The van der Waals surface area contributed by atoms with Gasteiger partial charge in [-0.05, 0) is 43.5 Å². The van der Waals surface area contributed by atoms with Crippen LogP contribution in [0.3, 0.4) is 0 Å². The Hall–Kier alpha value is -2.56. The first-order valence-corrected chi connectivity index (χ1v) is 8.88. The van der Waals surface area contributed by atoms with Crippen LogP contribution < -0.4 is 10.2 Å². The number of para-hydroxylation sites is 1. The highest BCUT2D eigenvalue weighted by Crippen LogP contribution is 2.22. The third-order valence-corrected chi connectivity index (χ3v) is 4.99. The summed E-state index contributed by atoms with van der Waals surface area (Å²) in [6.07, 6.45) is 5.51. The zero-order chi connectivity index (χ0) is 17.6. The fourth-order valence-corrected chi connectivity index (χ4v) is 3.32. The molecule has 3 rings (SSSR count). The molecule has 2 amide bonds. The molecule has 25 heavy (non-hydrogen) atoms. The number of hydrogen-bond acceptors (Lipinski definition) is 3. The topological polar surface area (TPSA) is 48.5 Å². The second-order valence-corrected chi connectivity index (χ2v) is 6.62. The molecule has 0 bridgehead atoms. The number of rotatable bonds is 4. The Kier molecular flexibility index (Phi) is 5.53. The molecule has 0 radical (unpaired) electrons. The van der Waals surface area contributed by atoms with Gasteiger partial charge in [0.2, 0.25) is 0 Å². The van der Waals surface area contributed by atoms with E-state index in [9.17, 15) is 4.79 Å². The maximum Gasteiger partial charge on any atom is 0.317 e. The van der Waals surface area contributed by atoms with E-state index in [1.807, 2.05) is 30.0 Å². The third kappa shape index (κ3) is 4.29. The van der Waals surface area contributed by atoms with Gasteiger partial charge in [-0.15, -0.1) is 0 Å². The lowest BCUT2D eigenvalue weighted by Gasteiger charge is -2.38. The molecule has 5 heteroatoms. The summed E-state index contributed by atoms with van der Waals surface area (Å²) in [5, 5.41) is 3.08. The molecule has 0 aliphatic carbocycles. The van der Waals surface area contributed by atoms with Crippen LogP contribution in [0.1, 0.15) is 31.4 Å². The average Bonchev–Trinajstić information content (AvgIpc) is 2.69. The zero-order valence-electron chi connectivity index (χ0n) is 14.9. The molecule has 1 saturated heterocycles. The van der Waals surface area contributed by atoms with Gasteiger partial charge in [0.1, 0.15) is 0 Å². The predicted molar refractivity (Wildman–Crippen MR) is 101 cm³/mol. The van der Waals surface area contributed by atoms with Gasteiger partial charge in [-0.25, -0.2) is 4.79 Å². The number of urea groups is 1. The number of piperidine rings is 1. The van der Waals surface area contributed by atoms with Crippen LogP contribution in [-0.4, -0.2) is 42.1 Å². The summed E-state index contributed by atoms with van der Waals surface area (Å²) >= 11 is 0. The van der Waals surface area contributed by atoms with Crippen LogP contribution in [0.5, 0.6) is 0 Å². The van der Waals surface area contributed by atoms with Crippen molar-refractivity contribution in [3.05, 3.63) is 60.4 Å². The van der Waals surface area contributed by atoms with Crippen molar-refractivity contribution in [1.82, 2.24) is 15.2 Å². The number of benzene rings is 1. The zero-order valence-corrected chi connectivity index (χ0v) is 14.9. The molecule has 2 heterocycles. The number of amides is 2. The smallest absolute Gasteiger partial charge is 0.317 e. The summed E-state index contributed by atoms with van der Waals surface area (Å²) in [4.78, 5) is 20.9. The monoisotopic (exact) mass is 338 g/mol. The molecular formula is C20H26N4O. The number of nitrogens with one attached hydrogen (secondary N) is 1. The molecule has 1 unspecified atom stereocenters. The Morgan fingerprint density at radius 1 is 1.20 bits per heavy atom. The minimum Gasteiger partial charge on any atom is -0.371 e. The largest absolute Gasteiger partial charge is 0.371 e. The van der Waals surface area contributed by atoms with E-state index in [2.05, 4.69) is 46.5 Å². The van der Waals surface area contributed by atoms with Crippen LogP contribution in [0.2, 0.25) is 0 Å². The molecule has 0 saturated carbocycles. The van der Waals surface area contributed by atoms with Gasteiger partial charge in [0.15, 0.2) is 0 Å². The fourth-order valence-electron chi connectivity index (χ4n) is 3.32. The Bertz CT molecular complexity index is 669. The van der Waals surface area contributed by atoms with Crippen LogP contribution in [0.4, 0.5) is 10.5 Å². The molecule has 1 aromatic carbocycles. The summed E-state index contributed by atoms with van der Waals surface area (Å²) in [7, 11) is 2.14. The Balaban J connectivity index is 1.51. The van der Waals surface area contributed by atoms with Crippen molar-refractivity contribution < 1.29 is 4.79 Å². The highest BCUT2D eigenvalue weighted by Gasteiger charge is 2.26. The first-order valence-electron chi connectivity index (χ1n) is 8.88. The van der Waals surface area contributed by atoms with Crippen molar-refractivity contribution in [2.75, 3.05) is 25.0 Å². The standard InChI is InChI=1S/C20H26N4O/c1-16(17-7-6-12-21-15-17)22-20(25)24-13-10-19(11-14-24)23(2)18-8-4-3-5-9-18/h3-9,12,15-16,19H,10-11,13-14H2,1-2H3,(H,22,25). The van der Waals surface area contributed by atoms with Gasteiger partial charge in [0.25, 0.3) is 0 Å². The van der Waals surface area contributed by atoms with Crippen molar-refractivity contribution >= 4 is 11.7 Å². The lowest BCUT2D eigenvalue weighted by Crippen LogP contribution is -2.49. The number of likely N-dealkylation sites (tertiary alicyclic amines) is 1. The molecule has 1 N–H and O–H groups in total. The Labute approximate surface area is 149 Å². The van der Waals surface area contributed by atoms with E-state index >= 15 is 0 Å². The molecule has 1 atom stereocenters. The van der Waals surface area contributed by atoms with Gasteiger partial charge in [-0.1, -0.05) is 24.3 Å². The van der Waals surface area contributed by atoms with Crippen LogP contribution in [0.15, 0.2) is 54.9 Å². The molecule has 2 aromatic rings. The number of pyridine rings is 1. The molecule has 132 valence electrons. The third-order valence-electron chi connectivity index (χ3n) is 4.99. The van der Waals surface area contributed by atoms with E-state index in [-0.39, 0.29) is 12.1 Å². The van der Waals surface area contributed by atoms with Crippen molar-refractivity contribution in [2.45, 2.75) is 31.8 Å². The summed E-state index contributed by atoms with van der Waals surface area (Å²) in [5.74, 6) is 0. The number of anilines is 1. The van der Waals surface area contributed by atoms with Gasteiger partial charge >= 0.3 is 6.03 Å². The van der Waals surface area contributed by atoms with Crippen LogP contribution in [-0.2, 0) is 0 Å². The Morgan fingerprint density at radius 3 is 2.56 bits per heavy atom. The maximum atomic E-state index is 12.5. The van der Waals surface area contributed by atoms with E-state index in [0.29, 0.717) is 6.04 Å². The second-order valence-electron chi connectivity index (χ2n) is 6.62. The van der Waals surface area contributed by atoms with Gasteiger partial charge in [0.05, 0.1) is 6.04 Å². The number of nitrogens with zero attached hydrogens (tertiary/aromatic N) is 3. The number of hydrogen-bond donors (Lipinski definition) is 1. The average molecular weight is 338 g/mol. The molecular weight excluding hydrogens is 312 g/mol. The minimum absolute atomic E-state index is 0.0113. The van der Waals surface area contributed by atoms with E-state index in [1.165, 1.54) is 5.69 Å². The summed E-state index contributed by atoms with van der Waals surface area (Å²) in [5.41, 5.74) is 2.25. The first-order chi connectivity index (χ1) is 12.1. The normalized spacial score (nSPS) is 16.3. The molecule has 0 spiro atoms. The van der Waals surface area contributed by atoms with Crippen LogP contribution >= 0.6 is 0 Å². The summed E-state index contributed by atoms with van der Waals surface area (Å²) in [6.45, 7) is 3.56. The van der Waals surface area contributed by atoms with Gasteiger partial charge in [0, 0.05) is 44.3 Å². The SMILES string of the molecule is CC(NC(=O)N1CCC(N(C)c2ccccc2)CC1)c1cccnc1. The first kappa shape index (κ1) is 17.3. The van der Waals surface area contributed by atoms with Crippen molar-refractivity contribution in [1.29, 1.82) is 0 Å². The quantitative estimate of drug-likeness (QED) is 0.929. The number of carbonyl (C=O) groups excluding carboxylic acids is 1. The maximum absolute atomic E-state index is 12.5. The van der Waals surface area contributed by atoms with Crippen LogP contribution in [0.25, 0.3) is 0 Å². The molecule has 5 nitrogen and oxygen atoms in total. The second kappa shape index (κ2) is 8.01. The molecule has 1 fully saturated rings. The molecule has 1 aliphatic heterocycles. The van der Waals surface area contributed by atoms with E-state index in [4.69, 9.17) is 0 Å². The van der Waals surface area contributed by atoms with E-state index in [0.717, 1.165) is 31.5 Å². The summed E-state index contributed by atoms with van der Waals surface area (Å²) in [6, 6.07) is 14.8. The molecule has 1 aliphatic rings. The fraction of sp³-hybridized carbons (Fsp3) is 0.400. The summed E-state index contributed by atoms with van der Waals surface area (Å²) < 4.78 is 0. The van der Waals surface area contributed by atoms with Crippen molar-refractivity contribution in [2.24, 2.45) is 0 Å². The predicted octanol–water partition coefficient (Wildman–Crippen LogP) is 3.45. The Morgan fingerprint density at radius 2 is 1.92 bits per heavy atom. The van der Waals surface area contributed by atoms with Gasteiger partial charge in [-0.3, -0.25) is 4.98 Å². The van der Waals surface area contributed by atoms with E-state index in [1.54, 1.807) is 12.4 Å². The van der Waals surface area contributed by atoms with Crippen LogP contribution in [0, 0.1) is 0 Å².